The van der Waals surface area contributed by atoms with Crippen molar-refractivity contribution in [3.63, 3.8) is 0 Å². The average molecular weight is 451 g/mol. The average Bonchev–Trinajstić information content (AvgIpc) is 2.82. The summed E-state index contributed by atoms with van der Waals surface area (Å²) in [5.74, 6) is 0.0981. The summed E-state index contributed by atoms with van der Waals surface area (Å²) < 4.78 is 5.81. The molecular weight excluding hydrogens is 424 g/mol. The molecule has 0 aliphatic carbocycles. The Hall–Kier alpha value is -3.31. The van der Waals surface area contributed by atoms with E-state index in [1.807, 2.05) is 79.7 Å². The normalized spacial score (nSPS) is 11.5. The summed E-state index contributed by atoms with van der Waals surface area (Å²) in [6.07, 6.45) is 0.376. The molecule has 0 aliphatic heterocycles. The first kappa shape index (κ1) is 23.4. The van der Waals surface area contributed by atoms with Gasteiger partial charge in [0.25, 0.3) is 5.91 Å². The number of carbonyl (C=O) groups is 2. The number of amides is 2. The molecule has 0 heterocycles. The van der Waals surface area contributed by atoms with Crippen molar-refractivity contribution in [1.29, 1.82) is 0 Å². The van der Waals surface area contributed by atoms with Gasteiger partial charge in [0.2, 0.25) is 5.91 Å². The van der Waals surface area contributed by atoms with Crippen LogP contribution in [0.4, 0.5) is 0 Å². The van der Waals surface area contributed by atoms with Gasteiger partial charge in [0.05, 0.1) is 0 Å². The molecule has 166 valence electrons. The van der Waals surface area contributed by atoms with Gasteiger partial charge in [-0.1, -0.05) is 78.3 Å². The van der Waals surface area contributed by atoms with E-state index in [-0.39, 0.29) is 25.0 Å². The van der Waals surface area contributed by atoms with Gasteiger partial charge in [-0.15, -0.1) is 0 Å². The summed E-state index contributed by atoms with van der Waals surface area (Å²) in [7, 11) is 1.57. The van der Waals surface area contributed by atoms with Gasteiger partial charge in [-0.2, -0.15) is 0 Å². The fourth-order valence-electron chi connectivity index (χ4n) is 3.47. The van der Waals surface area contributed by atoms with Crippen LogP contribution < -0.4 is 10.1 Å². The van der Waals surface area contributed by atoms with Crippen LogP contribution in [-0.4, -0.2) is 36.4 Å². The molecule has 0 fully saturated rings. The number of hydrogen-bond acceptors (Lipinski definition) is 3. The van der Waals surface area contributed by atoms with Crippen LogP contribution in [0.15, 0.2) is 78.9 Å². The fraction of sp³-hybridized carbons (Fsp3) is 0.231. The van der Waals surface area contributed by atoms with E-state index in [4.69, 9.17) is 16.3 Å². The summed E-state index contributed by atoms with van der Waals surface area (Å²) in [5, 5.41) is 3.24. The second-order valence-corrected chi connectivity index (χ2v) is 7.89. The van der Waals surface area contributed by atoms with Crippen molar-refractivity contribution in [2.24, 2.45) is 0 Å². The van der Waals surface area contributed by atoms with Gasteiger partial charge < -0.3 is 15.0 Å². The van der Waals surface area contributed by atoms with Gasteiger partial charge in [0.1, 0.15) is 11.8 Å². The van der Waals surface area contributed by atoms with Crippen LogP contribution in [-0.2, 0) is 22.6 Å². The highest BCUT2D eigenvalue weighted by Crippen LogP contribution is 2.21. The molecule has 0 spiro atoms. The van der Waals surface area contributed by atoms with Crippen molar-refractivity contribution in [2.75, 3.05) is 13.7 Å². The molecule has 3 rings (SSSR count). The largest absolute Gasteiger partial charge is 0.484 e. The molecule has 1 atom stereocenters. The fourth-order valence-corrected chi connectivity index (χ4v) is 3.67. The third-order valence-corrected chi connectivity index (χ3v) is 5.63. The smallest absolute Gasteiger partial charge is 0.261 e. The molecule has 5 nitrogen and oxygen atoms in total. The minimum absolute atomic E-state index is 0.183. The number of aryl methyl sites for hydroxylation is 1. The number of halogens is 1. The first-order valence-corrected chi connectivity index (χ1v) is 10.8. The molecule has 0 bridgehead atoms. The Labute approximate surface area is 194 Å². The zero-order valence-corrected chi connectivity index (χ0v) is 19.0. The number of para-hydroxylation sites is 1. The van der Waals surface area contributed by atoms with Crippen molar-refractivity contribution in [3.05, 3.63) is 101 Å². The van der Waals surface area contributed by atoms with Crippen LogP contribution in [0.5, 0.6) is 5.75 Å². The zero-order chi connectivity index (χ0) is 22.9. The number of nitrogens with zero attached hydrogens (tertiary/aromatic N) is 1. The third kappa shape index (κ3) is 6.11. The molecule has 0 unspecified atom stereocenters. The van der Waals surface area contributed by atoms with Crippen molar-refractivity contribution >= 4 is 23.4 Å². The van der Waals surface area contributed by atoms with Crippen molar-refractivity contribution in [2.45, 2.75) is 25.9 Å². The minimum atomic E-state index is -0.716. The number of benzene rings is 3. The third-order valence-electron chi connectivity index (χ3n) is 5.26. The molecule has 0 saturated carbocycles. The Bertz CT molecular complexity index is 1060. The van der Waals surface area contributed by atoms with Crippen LogP contribution in [0, 0.1) is 6.92 Å². The zero-order valence-electron chi connectivity index (χ0n) is 18.3. The SMILES string of the molecule is CNC(=O)[C@@H](Cc1ccccc1)N(Cc1ccccc1Cl)C(=O)COc1ccccc1C. The maximum absolute atomic E-state index is 13.4. The standard InChI is InChI=1S/C26H27ClN2O3/c1-19-10-6-9-15-24(19)32-18-25(30)29(17-21-13-7-8-14-22(21)27)23(26(31)28-2)16-20-11-4-3-5-12-20/h3-15,23H,16-18H2,1-2H3,(H,28,31)/t23-/m1/s1. The van der Waals surface area contributed by atoms with E-state index < -0.39 is 6.04 Å². The van der Waals surface area contributed by atoms with E-state index >= 15 is 0 Å². The van der Waals surface area contributed by atoms with Crippen LogP contribution in [0.3, 0.4) is 0 Å². The Kier molecular flexibility index (Phi) is 8.28. The number of rotatable bonds is 9. The topological polar surface area (TPSA) is 58.6 Å². The maximum atomic E-state index is 13.4. The maximum Gasteiger partial charge on any atom is 0.261 e. The summed E-state index contributed by atoms with van der Waals surface area (Å²) >= 11 is 6.38. The Morgan fingerprint density at radius 2 is 1.62 bits per heavy atom. The molecule has 0 saturated heterocycles. The number of ether oxygens (including phenoxy) is 1. The van der Waals surface area contributed by atoms with E-state index in [0.717, 1.165) is 16.7 Å². The Balaban J connectivity index is 1.89. The molecule has 2 amide bonds. The van der Waals surface area contributed by atoms with Gasteiger partial charge in [0.15, 0.2) is 6.61 Å². The quantitative estimate of drug-likeness (QED) is 0.525. The van der Waals surface area contributed by atoms with Crippen molar-refractivity contribution in [3.8, 4) is 5.75 Å². The highest BCUT2D eigenvalue weighted by Gasteiger charge is 2.30. The molecule has 0 aliphatic rings. The molecular formula is C26H27ClN2O3. The van der Waals surface area contributed by atoms with E-state index in [0.29, 0.717) is 17.2 Å². The van der Waals surface area contributed by atoms with Gasteiger partial charge >= 0.3 is 0 Å². The summed E-state index contributed by atoms with van der Waals surface area (Å²) in [5.41, 5.74) is 2.66. The number of hydrogen-bond donors (Lipinski definition) is 1. The first-order chi connectivity index (χ1) is 15.5. The van der Waals surface area contributed by atoms with Gasteiger partial charge in [-0.25, -0.2) is 0 Å². The highest BCUT2D eigenvalue weighted by molar-refractivity contribution is 6.31. The predicted molar refractivity (Wildman–Crippen MR) is 127 cm³/mol. The van der Waals surface area contributed by atoms with Crippen molar-refractivity contribution < 1.29 is 14.3 Å². The molecule has 3 aromatic rings. The lowest BCUT2D eigenvalue weighted by Crippen LogP contribution is -2.51. The summed E-state index contributed by atoms with van der Waals surface area (Å²) in [6, 6.07) is 23.7. The van der Waals surface area contributed by atoms with E-state index in [9.17, 15) is 9.59 Å². The van der Waals surface area contributed by atoms with Crippen LogP contribution in [0.25, 0.3) is 0 Å². The Morgan fingerprint density at radius 1 is 0.969 bits per heavy atom. The second-order valence-electron chi connectivity index (χ2n) is 7.49. The lowest BCUT2D eigenvalue weighted by atomic mass is 10.0. The monoisotopic (exact) mass is 450 g/mol. The molecule has 1 N–H and O–H groups in total. The number of likely N-dealkylation sites (N-methyl/N-ethyl adjacent to an activating group) is 1. The molecule has 32 heavy (non-hydrogen) atoms. The van der Waals surface area contributed by atoms with Crippen LogP contribution in [0.1, 0.15) is 16.7 Å². The van der Waals surface area contributed by atoms with E-state index in [1.165, 1.54) is 0 Å². The number of carbonyl (C=O) groups excluding carboxylic acids is 2. The van der Waals surface area contributed by atoms with Gasteiger partial charge in [0, 0.05) is 25.0 Å². The molecule has 0 aromatic heterocycles. The van der Waals surface area contributed by atoms with Crippen LogP contribution in [0.2, 0.25) is 5.02 Å². The Morgan fingerprint density at radius 3 is 2.31 bits per heavy atom. The second kappa shape index (κ2) is 11.3. The lowest BCUT2D eigenvalue weighted by Gasteiger charge is -2.31. The summed E-state index contributed by atoms with van der Waals surface area (Å²) in [4.78, 5) is 27.8. The van der Waals surface area contributed by atoms with Crippen LogP contribution >= 0.6 is 11.6 Å². The highest BCUT2D eigenvalue weighted by atomic mass is 35.5. The number of nitrogens with one attached hydrogen (secondary N) is 1. The summed E-state index contributed by atoms with van der Waals surface area (Å²) in [6.45, 7) is 1.93. The lowest BCUT2D eigenvalue weighted by molar-refractivity contribution is -0.142. The first-order valence-electron chi connectivity index (χ1n) is 10.5. The van der Waals surface area contributed by atoms with Crippen molar-refractivity contribution in [1.82, 2.24) is 10.2 Å². The molecule has 6 heteroatoms. The van der Waals surface area contributed by atoms with Gasteiger partial charge in [-0.3, -0.25) is 9.59 Å². The van der Waals surface area contributed by atoms with E-state index in [2.05, 4.69) is 5.32 Å². The minimum Gasteiger partial charge on any atom is -0.484 e. The van der Waals surface area contributed by atoms with Gasteiger partial charge in [-0.05, 0) is 35.7 Å². The predicted octanol–water partition coefficient (Wildman–Crippen LogP) is 4.41. The molecule has 0 radical (unpaired) electrons. The molecule has 3 aromatic carbocycles. The van der Waals surface area contributed by atoms with E-state index in [1.54, 1.807) is 18.0 Å².